The van der Waals surface area contributed by atoms with E-state index in [0.29, 0.717) is 32.1 Å². The van der Waals surface area contributed by atoms with Gasteiger partial charge in [-0.05, 0) is 57.1 Å². The molecular formula is C24H30ClF4N3O4. The molecule has 3 atom stereocenters. The minimum Gasteiger partial charge on any atom is -0.484 e. The van der Waals surface area contributed by atoms with Crippen molar-refractivity contribution in [3.8, 4) is 5.75 Å². The van der Waals surface area contributed by atoms with E-state index in [9.17, 15) is 32.3 Å². The van der Waals surface area contributed by atoms with Gasteiger partial charge < -0.3 is 25.8 Å². The van der Waals surface area contributed by atoms with Crippen molar-refractivity contribution in [2.45, 2.75) is 68.8 Å². The molecule has 0 aromatic heterocycles. The molecule has 4 aliphatic rings. The Kier molecular flexibility index (Phi) is 7.73. The Morgan fingerprint density at radius 3 is 2.50 bits per heavy atom. The number of benzene rings is 1. The monoisotopic (exact) mass is 535 g/mol. The summed E-state index contributed by atoms with van der Waals surface area (Å²) >= 11 is 5.64. The lowest BCUT2D eigenvalue weighted by Gasteiger charge is -2.55. The maximum atomic E-state index is 13.5. The highest BCUT2D eigenvalue weighted by Gasteiger charge is 2.58. The summed E-state index contributed by atoms with van der Waals surface area (Å²) in [6.07, 6.45) is -2.94. The second-order valence-corrected chi connectivity index (χ2v) is 10.6. The van der Waals surface area contributed by atoms with Gasteiger partial charge in [0, 0.05) is 30.7 Å². The summed E-state index contributed by atoms with van der Waals surface area (Å²) in [6.45, 7) is -0.312. The second kappa shape index (κ2) is 10.3. The molecule has 4 fully saturated rings. The predicted octanol–water partition coefficient (Wildman–Crippen LogP) is 3.08. The number of amides is 2. The third-order valence-electron chi connectivity index (χ3n) is 7.93. The number of carbonyl (C=O) groups excluding carboxylic acids is 2. The number of hydrogen-bond acceptors (Lipinski definition) is 5. The number of carbonyl (C=O) groups is 2. The third-order valence-corrected chi connectivity index (χ3v) is 8.23. The Bertz CT molecular complexity index is 977. The van der Waals surface area contributed by atoms with Crippen molar-refractivity contribution in [3.63, 3.8) is 0 Å². The number of piperidine rings is 1. The zero-order valence-electron chi connectivity index (χ0n) is 19.6. The fourth-order valence-electron chi connectivity index (χ4n) is 5.64. The quantitative estimate of drug-likeness (QED) is 0.402. The zero-order valence-corrected chi connectivity index (χ0v) is 20.4. The van der Waals surface area contributed by atoms with E-state index in [-0.39, 0.29) is 55.3 Å². The van der Waals surface area contributed by atoms with Gasteiger partial charge in [0.2, 0.25) is 5.91 Å². The average molecular weight is 536 g/mol. The molecule has 36 heavy (non-hydrogen) atoms. The average Bonchev–Trinajstić information content (AvgIpc) is 2.83. The van der Waals surface area contributed by atoms with Gasteiger partial charge in [-0.15, -0.1) is 0 Å². The largest absolute Gasteiger partial charge is 0.484 e. The molecule has 1 aromatic rings. The van der Waals surface area contributed by atoms with Gasteiger partial charge in [-0.25, -0.2) is 4.39 Å². The number of aliphatic hydroxyl groups excluding tert-OH is 1. The summed E-state index contributed by atoms with van der Waals surface area (Å²) in [4.78, 5) is 25.6. The number of ether oxygens (including phenoxy) is 1. The van der Waals surface area contributed by atoms with Crippen LogP contribution in [0.15, 0.2) is 18.2 Å². The molecule has 3 saturated carbocycles. The van der Waals surface area contributed by atoms with E-state index >= 15 is 0 Å². The molecule has 1 aromatic carbocycles. The molecule has 12 heteroatoms. The van der Waals surface area contributed by atoms with Crippen LogP contribution in [0.2, 0.25) is 5.02 Å². The van der Waals surface area contributed by atoms with Gasteiger partial charge in [0.15, 0.2) is 6.61 Å². The lowest BCUT2D eigenvalue weighted by atomic mass is 9.55. The maximum absolute atomic E-state index is 13.5. The maximum Gasteiger partial charge on any atom is 0.393 e. The molecule has 200 valence electrons. The van der Waals surface area contributed by atoms with Gasteiger partial charge in [0.1, 0.15) is 11.6 Å². The molecule has 0 radical (unpaired) electrons. The van der Waals surface area contributed by atoms with Crippen molar-refractivity contribution >= 4 is 23.4 Å². The highest BCUT2D eigenvalue weighted by molar-refractivity contribution is 6.30. The lowest BCUT2D eigenvalue weighted by Crippen LogP contribution is -2.66. The van der Waals surface area contributed by atoms with Crippen LogP contribution in [0.1, 0.15) is 44.9 Å². The van der Waals surface area contributed by atoms with Gasteiger partial charge in [-0.2, -0.15) is 13.2 Å². The summed E-state index contributed by atoms with van der Waals surface area (Å²) in [5.41, 5.74) is -1.64. The number of hydrogen-bond donors (Lipinski definition) is 4. The number of nitrogens with one attached hydrogen (secondary N) is 3. The summed E-state index contributed by atoms with van der Waals surface area (Å²) in [6, 6.07) is 3.62. The number of fused-ring (bicyclic) bond motifs is 3. The number of alkyl halides is 3. The molecule has 1 heterocycles. The fraction of sp³-hybridized carbons (Fsp3) is 0.667. The molecule has 1 aliphatic heterocycles. The standard InChI is InChI=1S/C24H30ClF4N3O4/c25-17-4-3-16(9-18(17)26)36-13-20(34)32-22-5-7-23(8-6-22,19(33)10-22)21(35)31-12-15-2-1-14(11-30-15)24(27,28)29/h3-4,9,14-15,19,30,33H,1-2,5-8,10-13H2,(H,31,35)(H,32,34)/t14?,15?,19-,22?,23?/m0/s1. The molecule has 2 unspecified atom stereocenters. The molecule has 5 rings (SSSR count). The molecule has 0 spiro atoms. The van der Waals surface area contributed by atoms with Crippen LogP contribution in [0.5, 0.6) is 5.75 Å². The van der Waals surface area contributed by atoms with Gasteiger partial charge in [0.25, 0.3) is 5.91 Å². The Hall–Kier alpha value is -2.11. The van der Waals surface area contributed by atoms with E-state index in [4.69, 9.17) is 16.3 Å². The summed E-state index contributed by atoms with van der Waals surface area (Å²) in [5.74, 6) is -2.59. The topological polar surface area (TPSA) is 99.7 Å². The Morgan fingerprint density at radius 1 is 1.19 bits per heavy atom. The van der Waals surface area contributed by atoms with E-state index < -0.39 is 40.9 Å². The first-order valence-corrected chi connectivity index (χ1v) is 12.5. The second-order valence-electron chi connectivity index (χ2n) is 10.2. The summed E-state index contributed by atoms with van der Waals surface area (Å²) < 4.78 is 57.4. The molecule has 2 bridgehead atoms. The van der Waals surface area contributed by atoms with Crippen molar-refractivity contribution in [2.75, 3.05) is 19.7 Å². The van der Waals surface area contributed by atoms with Crippen molar-refractivity contribution in [3.05, 3.63) is 29.0 Å². The minimum atomic E-state index is -4.23. The Labute approximate surface area is 211 Å². The van der Waals surface area contributed by atoms with Gasteiger partial charge in [-0.3, -0.25) is 9.59 Å². The first-order valence-electron chi connectivity index (χ1n) is 12.1. The SMILES string of the molecule is O=C(COc1ccc(Cl)c(F)c1)NC12CCC(C(=O)NCC3CCC(C(F)(F)F)CN3)(CC1)[C@@H](O)C2. The van der Waals surface area contributed by atoms with E-state index in [2.05, 4.69) is 16.0 Å². The predicted molar refractivity (Wildman–Crippen MR) is 123 cm³/mol. The van der Waals surface area contributed by atoms with Gasteiger partial charge >= 0.3 is 6.18 Å². The van der Waals surface area contributed by atoms with Crippen molar-refractivity contribution < 1.29 is 37.0 Å². The Morgan fingerprint density at radius 2 is 1.92 bits per heavy atom. The van der Waals surface area contributed by atoms with E-state index in [0.717, 1.165) is 6.07 Å². The van der Waals surface area contributed by atoms with Crippen LogP contribution in [0, 0.1) is 17.2 Å². The molecule has 7 nitrogen and oxygen atoms in total. The molecule has 4 N–H and O–H groups in total. The van der Waals surface area contributed by atoms with E-state index in [1.807, 2.05) is 0 Å². The molecule has 1 saturated heterocycles. The van der Waals surface area contributed by atoms with Crippen molar-refractivity contribution in [1.82, 2.24) is 16.0 Å². The number of rotatable bonds is 7. The molecule has 3 aliphatic carbocycles. The first-order chi connectivity index (χ1) is 16.9. The fourth-order valence-corrected chi connectivity index (χ4v) is 5.76. The van der Waals surface area contributed by atoms with E-state index in [1.165, 1.54) is 12.1 Å². The summed E-state index contributed by atoms with van der Waals surface area (Å²) in [7, 11) is 0. The lowest BCUT2D eigenvalue weighted by molar-refractivity contribution is -0.179. The minimum absolute atomic E-state index is 0.0176. The van der Waals surface area contributed by atoms with Crippen LogP contribution in [0.25, 0.3) is 0 Å². The molecule has 2 amide bonds. The van der Waals surface area contributed by atoms with Crippen LogP contribution in [0.3, 0.4) is 0 Å². The van der Waals surface area contributed by atoms with Crippen molar-refractivity contribution in [2.24, 2.45) is 11.3 Å². The summed E-state index contributed by atoms with van der Waals surface area (Å²) in [5, 5.41) is 19.4. The highest BCUT2D eigenvalue weighted by Crippen LogP contribution is 2.52. The van der Waals surface area contributed by atoms with Crippen LogP contribution in [-0.4, -0.2) is 60.5 Å². The van der Waals surface area contributed by atoms with Gasteiger partial charge in [-0.1, -0.05) is 11.6 Å². The highest BCUT2D eigenvalue weighted by atomic mass is 35.5. The van der Waals surface area contributed by atoms with Crippen LogP contribution < -0.4 is 20.7 Å². The normalized spacial score (nSPS) is 32.1. The van der Waals surface area contributed by atoms with Crippen molar-refractivity contribution in [1.29, 1.82) is 0 Å². The number of halogens is 5. The number of aliphatic hydroxyl groups is 1. The smallest absolute Gasteiger partial charge is 0.393 e. The Balaban J connectivity index is 1.25. The van der Waals surface area contributed by atoms with Gasteiger partial charge in [0.05, 0.1) is 22.5 Å². The third kappa shape index (κ3) is 5.73. The molecular weight excluding hydrogens is 506 g/mol. The van der Waals surface area contributed by atoms with Crippen LogP contribution in [0.4, 0.5) is 17.6 Å². The van der Waals surface area contributed by atoms with Crippen LogP contribution >= 0.6 is 11.6 Å². The first kappa shape index (κ1) is 26.9. The zero-order chi connectivity index (χ0) is 26.1. The van der Waals surface area contributed by atoms with Crippen LogP contribution in [-0.2, 0) is 9.59 Å². The van der Waals surface area contributed by atoms with E-state index in [1.54, 1.807) is 0 Å².